The van der Waals surface area contributed by atoms with Crippen molar-refractivity contribution in [3.05, 3.63) is 231 Å². The number of rotatable bonds is 4. The van der Waals surface area contributed by atoms with Crippen molar-refractivity contribution in [2.45, 2.75) is 253 Å². The lowest BCUT2D eigenvalue weighted by molar-refractivity contribution is 0.205. The molecule has 0 amide bonds. The lowest BCUT2D eigenvalue weighted by atomic mass is 9.64. The van der Waals surface area contributed by atoms with Gasteiger partial charge >= 0.3 is 0 Å². The smallest absolute Gasteiger partial charge is 0.126 e. The van der Waals surface area contributed by atoms with E-state index >= 15 is 0 Å². The quantitative estimate of drug-likeness (QED) is 0.173. The first-order valence-corrected chi connectivity index (χ1v) is 41.2. The Morgan fingerprint density at radius 2 is 0.385 bits per heavy atom. The van der Waals surface area contributed by atoms with Crippen molar-refractivity contribution in [1.82, 2.24) is 0 Å². The molecular formula is C96H108O8. The summed E-state index contributed by atoms with van der Waals surface area (Å²) in [6.45, 7) is 1.63. The third kappa shape index (κ3) is 12.3. The second-order valence-corrected chi connectivity index (χ2v) is 33.7. The molecule has 8 aromatic rings. The summed E-state index contributed by atoms with van der Waals surface area (Å²) in [5.41, 5.74) is 32.4. The Kier molecular flexibility index (Phi) is 18.3. The van der Waals surface area contributed by atoms with Crippen LogP contribution in [0.3, 0.4) is 0 Å². The van der Waals surface area contributed by atoms with Crippen molar-refractivity contribution in [2.24, 2.45) is 0 Å². The zero-order chi connectivity index (χ0) is 69.5. The van der Waals surface area contributed by atoms with E-state index in [1.165, 1.54) is 159 Å². The van der Waals surface area contributed by atoms with Crippen LogP contribution < -0.4 is 37.9 Å². The fourth-order valence-corrected chi connectivity index (χ4v) is 22.1. The molecule has 8 aromatic carbocycles. The third-order valence-corrected chi connectivity index (χ3v) is 27.5. The number of hydrogen-bond donors (Lipinski definition) is 0. The molecule has 8 unspecified atom stereocenters. The highest BCUT2D eigenvalue weighted by atomic mass is 16.5. The first-order chi connectivity index (χ1) is 51.3. The maximum atomic E-state index is 7.81. The lowest BCUT2D eigenvalue weighted by Gasteiger charge is -2.41. The number of aryl methyl sites for hydroxylation is 8. The minimum atomic E-state index is 0.234. The highest BCUT2D eigenvalue weighted by Crippen LogP contribution is 2.61. The SMILES string of the molecule is COc1c2cc3cc1C1CCC1c1cc(cc4c1OCCOc1c5cc6cc1C1CCC1c1cc(cc(c1OC)Cc1cc7cc(c1OCCOc1c(cc8cc1C1CCC1c1cc(cc(c1OC)C4)CCCCC8)C2)C1CCC1c1cc(cc(c1OC)C5)CCCCC7)CCCCC6)CCCCC3. The normalized spacial score (nSPS) is 24.4. The molecule has 8 heteroatoms. The Labute approximate surface area is 618 Å². The third-order valence-electron chi connectivity index (χ3n) is 27.5. The van der Waals surface area contributed by atoms with Crippen molar-refractivity contribution in [1.29, 1.82) is 0 Å². The largest absolute Gasteiger partial charge is 0.496 e. The Bertz CT molecular complexity index is 4050. The average Bonchev–Trinajstić information content (AvgIpc) is 0.863. The molecule has 8 nitrogen and oxygen atoms in total. The molecular weight excluding hydrogens is 1280 g/mol. The Morgan fingerprint density at radius 1 is 0.212 bits per heavy atom. The Hall–Kier alpha value is -7.84. The molecule has 4 fully saturated rings. The van der Waals surface area contributed by atoms with Crippen LogP contribution in [0.2, 0.25) is 0 Å². The van der Waals surface area contributed by atoms with Gasteiger partial charge in [-0.25, -0.2) is 0 Å². The van der Waals surface area contributed by atoms with Gasteiger partial charge in [0.25, 0.3) is 0 Å². The molecule has 10 aliphatic carbocycles. The number of methoxy groups -OCH3 is 4. The summed E-state index contributed by atoms with van der Waals surface area (Å²) in [6, 6.07) is 41.1. The van der Waals surface area contributed by atoms with Gasteiger partial charge in [-0.2, -0.15) is 0 Å². The average molecular weight is 1390 g/mol. The zero-order valence-corrected chi connectivity index (χ0v) is 62.6. The predicted octanol–water partition coefficient (Wildman–Crippen LogP) is 21.7. The van der Waals surface area contributed by atoms with E-state index in [0.717, 1.165) is 200 Å². The highest BCUT2D eigenvalue weighted by molar-refractivity contribution is 5.63. The van der Waals surface area contributed by atoms with Crippen molar-refractivity contribution < 1.29 is 37.9 Å². The molecule has 28 bridgehead atoms. The Balaban J connectivity index is 0.874. The number of ether oxygens (including phenoxy) is 8. The molecule has 0 aromatic heterocycles. The van der Waals surface area contributed by atoms with Gasteiger partial charge in [0.05, 0.1) is 28.4 Å². The predicted molar refractivity (Wildman–Crippen MR) is 415 cm³/mol. The second-order valence-electron chi connectivity index (χ2n) is 33.7. The molecule has 8 atom stereocenters. The van der Waals surface area contributed by atoms with Crippen molar-refractivity contribution in [3.63, 3.8) is 0 Å². The summed E-state index contributed by atoms with van der Waals surface area (Å²) < 4.78 is 59.0. The fourth-order valence-electron chi connectivity index (χ4n) is 22.1. The minimum absolute atomic E-state index is 0.234. The molecule has 104 heavy (non-hydrogen) atoms. The van der Waals surface area contributed by atoms with Gasteiger partial charge in [-0.05, 0) is 335 Å². The first kappa shape index (κ1) is 66.8. The van der Waals surface area contributed by atoms with Gasteiger partial charge in [0, 0.05) is 25.7 Å². The molecule has 0 spiro atoms. The number of benzene rings is 8. The van der Waals surface area contributed by atoms with Crippen LogP contribution >= 0.6 is 0 Å². The molecule has 4 aliphatic heterocycles. The number of fused-ring (bicyclic) bond motifs is 8. The summed E-state index contributed by atoms with van der Waals surface area (Å²) >= 11 is 0. The van der Waals surface area contributed by atoms with E-state index in [1.54, 1.807) is 0 Å². The van der Waals surface area contributed by atoms with Crippen LogP contribution in [0.15, 0.2) is 97.1 Å². The summed E-state index contributed by atoms with van der Waals surface area (Å²) in [5.74, 6) is 10.3. The van der Waals surface area contributed by atoms with Crippen LogP contribution in [0.4, 0.5) is 0 Å². The van der Waals surface area contributed by atoms with Gasteiger partial charge in [-0.15, -0.1) is 0 Å². The summed E-state index contributed by atoms with van der Waals surface area (Å²) in [6.07, 6.45) is 33.7. The van der Waals surface area contributed by atoms with Crippen LogP contribution in [-0.2, 0) is 77.0 Å². The van der Waals surface area contributed by atoms with E-state index in [2.05, 4.69) is 97.1 Å². The van der Waals surface area contributed by atoms with Gasteiger partial charge in [0.2, 0.25) is 0 Å². The standard InChI is InChI=1S/C96H108O8/c1-97-89-65-37-57-17-9-5-13-22-62-42-70-54-66-38-58-18-10-6-14-21-61-41-69(53-65)93(86(50-61)78-30-26-74(78)82(46-58)90(66)98-2)101-33-34-103-95-71-43-63-23-15-7-11-20-60-40-68(92(100-4)83(47-60)75-27-31-79(75)87(95)51-63)56-72-44-64-24-16-8-12-19-59-39-67(55-71)91(99-3)84(48-59)76-28-32-80(76)88(52-64)96(72)104-36-35-102-94(70)85(49-62)77-29-25-73(77)81(89)45-57/h37-52,73-80H,5-36,53-56H2,1-4H3. The number of hydrogen-bond acceptors (Lipinski definition) is 8. The van der Waals surface area contributed by atoms with E-state index < -0.39 is 0 Å². The summed E-state index contributed by atoms with van der Waals surface area (Å²) in [4.78, 5) is 0. The first-order valence-electron chi connectivity index (χ1n) is 41.2. The van der Waals surface area contributed by atoms with Crippen LogP contribution in [0.5, 0.6) is 46.0 Å². The van der Waals surface area contributed by atoms with Crippen LogP contribution in [0.25, 0.3) is 0 Å². The lowest BCUT2D eigenvalue weighted by Crippen LogP contribution is -2.26. The van der Waals surface area contributed by atoms with Gasteiger partial charge < -0.3 is 37.9 Å². The topological polar surface area (TPSA) is 73.8 Å². The van der Waals surface area contributed by atoms with Gasteiger partial charge in [-0.3, -0.25) is 0 Å². The van der Waals surface area contributed by atoms with Crippen LogP contribution in [0, 0.1) is 0 Å². The van der Waals surface area contributed by atoms with E-state index in [0.29, 0.717) is 52.1 Å². The monoisotopic (exact) mass is 1390 g/mol. The van der Waals surface area contributed by atoms with E-state index in [4.69, 9.17) is 37.9 Å². The van der Waals surface area contributed by atoms with E-state index in [9.17, 15) is 0 Å². The van der Waals surface area contributed by atoms with Crippen molar-refractivity contribution >= 4 is 0 Å². The van der Waals surface area contributed by atoms with Crippen molar-refractivity contribution in [3.8, 4) is 46.0 Å². The van der Waals surface area contributed by atoms with Gasteiger partial charge in [0.1, 0.15) is 72.4 Å². The van der Waals surface area contributed by atoms with Gasteiger partial charge in [0.15, 0.2) is 0 Å². The highest BCUT2D eigenvalue weighted by Gasteiger charge is 2.45. The Morgan fingerprint density at radius 3 is 0.567 bits per heavy atom. The van der Waals surface area contributed by atoms with E-state index in [1.807, 2.05) is 28.4 Å². The van der Waals surface area contributed by atoms with E-state index in [-0.39, 0.29) is 47.3 Å². The molecule has 4 saturated carbocycles. The maximum Gasteiger partial charge on any atom is 0.126 e. The summed E-state index contributed by atoms with van der Waals surface area (Å²) in [5, 5.41) is 0. The maximum absolute atomic E-state index is 7.81. The fraction of sp³-hybridized carbons (Fsp3) is 0.500. The molecule has 14 aliphatic rings. The van der Waals surface area contributed by atoms with Crippen molar-refractivity contribution in [2.75, 3.05) is 54.9 Å². The second kappa shape index (κ2) is 28.5. The molecule has 0 radical (unpaired) electrons. The zero-order valence-electron chi connectivity index (χ0n) is 62.6. The van der Waals surface area contributed by atoms with Crippen LogP contribution in [-0.4, -0.2) is 54.9 Å². The molecule has 0 saturated heterocycles. The molecule has 4 heterocycles. The summed E-state index contributed by atoms with van der Waals surface area (Å²) in [7, 11) is 7.78. The minimum Gasteiger partial charge on any atom is -0.496 e. The molecule has 0 N–H and O–H groups in total. The van der Waals surface area contributed by atoms with Crippen LogP contribution in [0.1, 0.15) is 309 Å². The molecule has 540 valence electrons. The van der Waals surface area contributed by atoms with Gasteiger partial charge in [-0.1, -0.05) is 123 Å². The molecule has 22 rings (SSSR count).